The van der Waals surface area contributed by atoms with E-state index in [-0.39, 0.29) is 33.0 Å². The monoisotopic (exact) mass is 192 g/mol. The van der Waals surface area contributed by atoms with Crippen molar-refractivity contribution in [1.82, 2.24) is 0 Å². The van der Waals surface area contributed by atoms with Gasteiger partial charge in [0, 0.05) is 0 Å². The maximum absolute atomic E-state index is 8.44. The van der Waals surface area contributed by atoms with Crippen molar-refractivity contribution in [1.29, 1.82) is 0 Å². The average Bonchev–Trinajstić information content (AvgIpc) is 0.722. The molecular formula is CNi2O4. The standard InChI is InChI=1S/CO4.2Ni/c2-1(3,4)5;;/q-4;2*+2. The van der Waals surface area contributed by atoms with E-state index in [4.69, 9.17) is 20.4 Å². The van der Waals surface area contributed by atoms with E-state index in [1.165, 1.54) is 0 Å². The van der Waals surface area contributed by atoms with Crippen molar-refractivity contribution in [3.05, 3.63) is 0 Å². The number of hydrogen-bond donors (Lipinski definition) is 0. The van der Waals surface area contributed by atoms with Gasteiger partial charge in [-0.25, -0.2) is 0 Å². The van der Waals surface area contributed by atoms with Crippen LogP contribution in [0.2, 0.25) is 0 Å². The summed E-state index contributed by atoms with van der Waals surface area (Å²) in [5, 5.41) is 33.8. The molecular weight excluding hydrogens is 193 g/mol. The normalized spacial score (nSPS) is 8.57. The van der Waals surface area contributed by atoms with Crippen LogP contribution in [-0.2, 0) is 33.0 Å². The van der Waals surface area contributed by atoms with Gasteiger partial charge in [-0.15, -0.1) is 0 Å². The Labute approximate surface area is 60.0 Å². The van der Waals surface area contributed by atoms with Crippen LogP contribution in [0.25, 0.3) is 0 Å². The molecule has 0 aromatic heterocycles. The molecule has 0 fully saturated rings. The van der Waals surface area contributed by atoms with Crippen molar-refractivity contribution in [2.24, 2.45) is 0 Å². The van der Waals surface area contributed by atoms with Gasteiger partial charge in [-0.05, 0) is 0 Å². The van der Waals surface area contributed by atoms with E-state index in [0.717, 1.165) is 0 Å². The third-order valence-electron chi connectivity index (χ3n) is 0. The zero-order valence-electron chi connectivity index (χ0n) is 2.77. The molecule has 0 amide bonds. The molecule has 0 N–H and O–H groups in total. The first-order valence-corrected chi connectivity index (χ1v) is 0.816. The van der Waals surface area contributed by atoms with Gasteiger partial charge in [0.25, 0.3) is 0 Å². The van der Waals surface area contributed by atoms with Gasteiger partial charge < -0.3 is 26.6 Å². The van der Waals surface area contributed by atoms with Crippen molar-refractivity contribution < 1.29 is 53.4 Å². The second-order valence-corrected chi connectivity index (χ2v) is 0.500. The van der Waals surface area contributed by atoms with Crippen LogP contribution >= 0.6 is 0 Å². The molecule has 0 aromatic rings. The third-order valence-corrected chi connectivity index (χ3v) is 0. The summed E-state index contributed by atoms with van der Waals surface area (Å²) >= 11 is 0. The molecule has 0 rings (SSSR count). The fraction of sp³-hybridized carbons (Fsp3) is 1.00. The van der Waals surface area contributed by atoms with Crippen LogP contribution in [0.1, 0.15) is 0 Å². The minimum absolute atomic E-state index is 0. The summed E-state index contributed by atoms with van der Waals surface area (Å²) < 4.78 is 0. The summed E-state index contributed by atoms with van der Waals surface area (Å²) in [6.45, 7) is 0. The fourth-order valence-electron chi connectivity index (χ4n) is 0. The SMILES string of the molecule is [Ni+2].[Ni+2].[O-]C([O-])([O-])[O-]. The molecule has 6 heteroatoms. The molecule has 0 atom stereocenters. The van der Waals surface area contributed by atoms with Crippen molar-refractivity contribution in [3.8, 4) is 0 Å². The minimum atomic E-state index is -4.50. The predicted molar refractivity (Wildman–Crippen MR) is 2.73 cm³/mol. The van der Waals surface area contributed by atoms with Gasteiger partial charge in [0.1, 0.15) is 0 Å². The number of rotatable bonds is 0. The fourth-order valence-corrected chi connectivity index (χ4v) is 0. The minimum Gasteiger partial charge on any atom is -0.890 e. The molecule has 7 heavy (non-hydrogen) atoms. The van der Waals surface area contributed by atoms with Crippen molar-refractivity contribution in [3.63, 3.8) is 0 Å². The molecule has 0 saturated carbocycles. The zero-order valence-corrected chi connectivity index (χ0v) is 4.74. The van der Waals surface area contributed by atoms with E-state index < -0.39 is 6.16 Å². The second-order valence-electron chi connectivity index (χ2n) is 0.500. The average molecular weight is 193 g/mol. The maximum Gasteiger partial charge on any atom is 2.00 e. The van der Waals surface area contributed by atoms with Crippen molar-refractivity contribution in [2.45, 2.75) is 6.16 Å². The zero-order chi connectivity index (χ0) is 4.50. The van der Waals surface area contributed by atoms with Crippen LogP contribution in [0.5, 0.6) is 0 Å². The Morgan fingerprint density at radius 1 is 0.714 bits per heavy atom. The van der Waals surface area contributed by atoms with Crippen LogP contribution in [0.15, 0.2) is 0 Å². The first-order valence-electron chi connectivity index (χ1n) is 0.816. The van der Waals surface area contributed by atoms with Crippen LogP contribution in [0.4, 0.5) is 0 Å². The molecule has 48 valence electrons. The maximum atomic E-state index is 8.44. The quantitative estimate of drug-likeness (QED) is 0.284. The van der Waals surface area contributed by atoms with E-state index in [1.807, 2.05) is 0 Å². The molecule has 0 aromatic carbocycles. The summed E-state index contributed by atoms with van der Waals surface area (Å²) in [6.07, 6.45) is -4.50. The molecule has 0 heterocycles. The topological polar surface area (TPSA) is 92.2 Å². The molecule has 0 unspecified atom stereocenters. The van der Waals surface area contributed by atoms with Gasteiger partial charge >= 0.3 is 33.0 Å². The smallest absolute Gasteiger partial charge is 0.890 e. The van der Waals surface area contributed by atoms with E-state index in [1.54, 1.807) is 0 Å². The van der Waals surface area contributed by atoms with E-state index in [9.17, 15) is 0 Å². The summed E-state index contributed by atoms with van der Waals surface area (Å²) in [5.74, 6) is 0. The summed E-state index contributed by atoms with van der Waals surface area (Å²) in [4.78, 5) is 0. The van der Waals surface area contributed by atoms with Gasteiger partial charge in [-0.2, -0.15) is 0 Å². The Kier molecular flexibility index (Phi) is 11.1. The van der Waals surface area contributed by atoms with Gasteiger partial charge in [-0.1, -0.05) is 0 Å². The van der Waals surface area contributed by atoms with E-state index in [2.05, 4.69) is 0 Å². The molecule has 0 saturated heterocycles. The van der Waals surface area contributed by atoms with Gasteiger partial charge in [-0.3, -0.25) is 0 Å². The summed E-state index contributed by atoms with van der Waals surface area (Å²) in [6, 6.07) is 0. The second kappa shape index (κ2) is 4.97. The van der Waals surface area contributed by atoms with Crippen molar-refractivity contribution >= 4 is 0 Å². The predicted octanol–water partition coefficient (Wildman–Crippen LogP) is -4.97. The Bertz CT molecular complexity index is 25.2. The van der Waals surface area contributed by atoms with Crippen molar-refractivity contribution in [2.75, 3.05) is 0 Å². The molecule has 0 aliphatic carbocycles. The Morgan fingerprint density at radius 3 is 0.714 bits per heavy atom. The van der Waals surface area contributed by atoms with Gasteiger partial charge in [0.2, 0.25) is 0 Å². The first kappa shape index (κ1) is 15.7. The van der Waals surface area contributed by atoms with Crippen LogP contribution in [-0.4, -0.2) is 6.16 Å². The third kappa shape index (κ3) is 233. The summed E-state index contributed by atoms with van der Waals surface area (Å²) in [5.41, 5.74) is 0. The molecule has 0 spiro atoms. The molecule has 0 aliphatic heterocycles. The largest absolute Gasteiger partial charge is 2.00 e. The van der Waals surface area contributed by atoms with E-state index in [0.29, 0.717) is 0 Å². The Morgan fingerprint density at radius 2 is 0.714 bits per heavy atom. The molecule has 0 aliphatic rings. The molecule has 0 radical (unpaired) electrons. The Balaban J connectivity index is -0.0000000800. The van der Waals surface area contributed by atoms with Crippen LogP contribution < -0.4 is 20.4 Å². The first-order chi connectivity index (χ1) is 2.00. The van der Waals surface area contributed by atoms with Gasteiger partial charge in [0.15, 0.2) is 0 Å². The Hall–Kier alpha value is 0.827. The van der Waals surface area contributed by atoms with Crippen LogP contribution in [0, 0.1) is 0 Å². The molecule has 0 bridgehead atoms. The summed E-state index contributed by atoms with van der Waals surface area (Å²) in [7, 11) is 0. The van der Waals surface area contributed by atoms with Gasteiger partial charge in [0.05, 0.1) is 0 Å². The van der Waals surface area contributed by atoms with E-state index >= 15 is 0 Å². The number of hydrogen-bond acceptors (Lipinski definition) is 4. The van der Waals surface area contributed by atoms with Crippen LogP contribution in [0.3, 0.4) is 0 Å². The molecule has 4 nitrogen and oxygen atoms in total.